The maximum atomic E-state index is 8.99. The number of ether oxygens (including phenoxy) is 1. The van der Waals surface area contributed by atoms with Crippen molar-refractivity contribution in [1.29, 1.82) is 0 Å². The first-order valence-electron chi connectivity index (χ1n) is 6.93. The van der Waals surface area contributed by atoms with Gasteiger partial charge in [-0.2, -0.15) is 0 Å². The van der Waals surface area contributed by atoms with E-state index in [0.717, 1.165) is 0 Å². The van der Waals surface area contributed by atoms with Gasteiger partial charge in [0.1, 0.15) is 11.5 Å². The highest BCUT2D eigenvalue weighted by Crippen LogP contribution is 2.23. The molecule has 23 heavy (non-hydrogen) atoms. The molecule has 3 rings (SSSR count). The van der Waals surface area contributed by atoms with E-state index < -0.39 is 0 Å². The molecule has 120 valence electrons. The van der Waals surface area contributed by atoms with Crippen molar-refractivity contribution < 1.29 is 20.1 Å². The molecule has 0 aliphatic carbocycles. The summed E-state index contributed by atoms with van der Waals surface area (Å²) >= 11 is 0. The van der Waals surface area contributed by atoms with Crippen molar-refractivity contribution in [2.24, 2.45) is 0 Å². The number of hydrogen-bond donors (Lipinski definition) is 3. The van der Waals surface area contributed by atoms with Crippen LogP contribution in [0.3, 0.4) is 0 Å². The highest BCUT2D eigenvalue weighted by Gasteiger charge is 1.94. The molecule has 3 aromatic carbocycles. The number of aromatic hydroxyl groups is 3. The van der Waals surface area contributed by atoms with E-state index in [0.29, 0.717) is 17.2 Å². The zero-order chi connectivity index (χ0) is 16.9. The zero-order valence-electron chi connectivity index (χ0n) is 12.8. The van der Waals surface area contributed by atoms with E-state index in [1.165, 1.54) is 7.11 Å². The third kappa shape index (κ3) is 8.02. The predicted octanol–water partition coefficient (Wildman–Crippen LogP) is 4.19. The molecule has 4 nitrogen and oxygen atoms in total. The summed E-state index contributed by atoms with van der Waals surface area (Å²) in [4.78, 5) is 0. The van der Waals surface area contributed by atoms with Crippen molar-refractivity contribution >= 4 is 0 Å². The van der Waals surface area contributed by atoms with Crippen molar-refractivity contribution in [3.05, 3.63) is 84.9 Å². The van der Waals surface area contributed by atoms with Crippen LogP contribution in [0.15, 0.2) is 84.9 Å². The molecule has 3 aromatic rings. The van der Waals surface area contributed by atoms with Crippen molar-refractivity contribution in [2.75, 3.05) is 7.11 Å². The van der Waals surface area contributed by atoms with Crippen LogP contribution in [-0.4, -0.2) is 22.4 Å². The average molecular weight is 312 g/mol. The molecule has 0 atom stereocenters. The van der Waals surface area contributed by atoms with Gasteiger partial charge in [-0.3, -0.25) is 0 Å². The number of methoxy groups -OCH3 is 1. The molecule has 0 aromatic heterocycles. The lowest BCUT2D eigenvalue weighted by Gasteiger charge is -1.99. The molecule has 0 aliphatic heterocycles. The lowest BCUT2D eigenvalue weighted by molar-refractivity contribution is 0.373. The average Bonchev–Trinajstić information content (AvgIpc) is 2.58. The molecular weight excluding hydrogens is 292 g/mol. The van der Waals surface area contributed by atoms with E-state index in [1.807, 2.05) is 12.1 Å². The maximum absolute atomic E-state index is 8.99. The normalized spacial score (nSPS) is 8.74. The minimum absolute atomic E-state index is 0.181. The Hall–Kier alpha value is -3.14. The van der Waals surface area contributed by atoms with Crippen LogP contribution in [0.25, 0.3) is 0 Å². The van der Waals surface area contributed by atoms with Gasteiger partial charge in [-0.15, -0.1) is 0 Å². The number of phenolic OH excluding ortho intramolecular Hbond substituents is 3. The Kier molecular flexibility index (Phi) is 8.23. The Morgan fingerprint density at radius 3 is 1.22 bits per heavy atom. The zero-order valence-corrected chi connectivity index (χ0v) is 12.8. The Bertz CT molecular complexity index is 617. The first-order valence-corrected chi connectivity index (χ1v) is 6.93. The van der Waals surface area contributed by atoms with Gasteiger partial charge in [0.2, 0.25) is 0 Å². The summed E-state index contributed by atoms with van der Waals surface area (Å²) in [6, 6.07) is 24.3. The lowest BCUT2D eigenvalue weighted by atomic mass is 10.3. The van der Waals surface area contributed by atoms with E-state index in [4.69, 9.17) is 20.1 Å². The van der Waals surface area contributed by atoms with Gasteiger partial charge in [0.05, 0.1) is 7.11 Å². The first-order chi connectivity index (χ1) is 11.1. The first kappa shape index (κ1) is 17.9. The molecule has 4 heteroatoms. The van der Waals surface area contributed by atoms with Gasteiger partial charge in [0.15, 0.2) is 11.5 Å². The summed E-state index contributed by atoms with van der Waals surface area (Å²) in [5.74, 6) is 1.34. The van der Waals surface area contributed by atoms with Gasteiger partial charge < -0.3 is 20.1 Å². The third-order valence-electron chi connectivity index (χ3n) is 2.60. The molecule has 0 saturated carbocycles. The molecule has 0 aliphatic rings. The van der Waals surface area contributed by atoms with Gasteiger partial charge in [-0.25, -0.2) is 0 Å². The molecule has 3 N–H and O–H groups in total. The van der Waals surface area contributed by atoms with Crippen LogP contribution in [0, 0.1) is 0 Å². The second kappa shape index (κ2) is 10.6. The van der Waals surface area contributed by atoms with Crippen LogP contribution >= 0.6 is 0 Å². The fourth-order valence-corrected chi connectivity index (χ4v) is 1.49. The summed E-state index contributed by atoms with van der Waals surface area (Å²) < 4.78 is 4.79. The minimum atomic E-state index is 0.181. The fourth-order valence-electron chi connectivity index (χ4n) is 1.49. The van der Waals surface area contributed by atoms with E-state index >= 15 is 0 Å². The minimum Gasteiger partial charge on any atom is -0.508 e. The van der Waals surface area contributed by atoms with E-state index in [2.05, 4.69) is 0 Å². The molecule has 0 heterocycles. The Labute approximate surface area is 135 Å². The van der Waals surface area contributed by atoms with Gasteiger partial charge in [-0.1, -0.05) is 48.5 Å². The van der Waals surface area contributed by atoms with Gasteiger partial charge in [0, 0.05) is 0 Å². The van der Waals surface area contributed by atoms with Crippen LogP contribution in [0.5, 0.6) is 23.0 Å². The van der Waals surface area contributed by atoms with Gasteiger partial charge in [-0.05, 0) is 36.4 Å². The third-order valence-corrected chi connectivity index (χ3v) is 2.60. The summed E-state index contributed by atoms with van der Waals surface area (Å²) in [6.07, 6.45) is 0. The number of hydrogen-bond acceptors (Lipinski definition) is 4. The number of rotatable bonds is 1. The van der Waals surface area contributed by atoms with Crippen molar-refractivity contribution in [2.45, 2.75) is 0 Å². The Morgan fingerprint density at radius 1 is 0.565 bits per heavy atom. The number of benzene rings is 3. The molecule has 0 spiro atoms. The van der Waals surface area contributed by atoms with Crippen LogP contribution in [-0.2, 0) is 0 Å². The van der Waals surface area contributed by atoms with Crippen molar-refractivity contribution in [3.63, 3.8) is 0 Å². The monoisotopic (exact) mass is 312 g/mol. The maximum Gasteiger partial charge on any atom is 0.160 e. The number of para-hydroxylation sites is 4. The van der Waals surface area contributed by atoms with Crippen molar-refractivity contribution in [1.82, 2.24) is 0 Å². The highest BCUT2D eigenvalue weighted by molar-refractivity contribution is 5.37. The molecule has 0 saturated heterocycles. The second-order valence-electron chi connectivity index (χ2n) is 4.34. The van der Waals surface area contributed by atoms with Crippen LogP contribution in [0.4, 0.5) is 0 Å². The van der Waals surface area contributed by atoms with Crippen LogP contribution in [0.1, 0.15) is 0 Å². The smallest absolute Gasteiger partial charge is 0.160 e. The lowest BCUT2D eigenvalue weighted by Crippen LogP contribution is -1.80. The summed E-state index contributed by atoms with van der Waals surface area (Å²) in [5.41, 5.74) is 0. The quantitative estimate of drug-likeness (QED) is 0.630. The molecule has 0 amide bonds. The van der Waals surface area contributed by atoms with E-state index in [-0.39, 0.29) is 5.75 Å². The van der Waals surface area contributed by atoms with Crippen LogP contribution in [0.2, 0.25) is 0 Å². The summed E-state index contributed by atoms with van der Waals surface area (Å²) in [5, 5.41) is 26.2. The Morgan fingerprint density at radius 2 is 0.957 bits per heavy atom. The van der Waals surface area contributed by atoms with Crippen LogP contribution < -0.4 is 4.74 Å². The molecular formula is C19H20O4. The highest BCUT2D eigenvalue weighted by atomic mass is 16.5. The van der Waals surface area contributed by atoms with E-state index in [1.54, 1.807) is 72.8 Å². The van der Waals surface area contributed by atoms with Crippen molar-refractivity contribution in [3.8, 4) is 23.0 Å². The van der Waals surface area contributed by atoms with Gasteiger partial charge >= 0.3 is 0 Å². The fraction of sp³-hybridized carbons (Fsp3) is 0.0526. The second-order valence-corrected chi connectivity index (χ2v) is 4.34. The molecule has 0 unspecified atom stereocenters. The summed E-state index contributed by atoms with van der Waals surface area (Å²) in [6.45, 7) is 0. The summed E-state index contributed by atoms with van der Waals surface area (Å²) in [7, 11) is 1.52. The number of phenols is 3. The van der Waals surface area contributed by atoms with E-state index in [9.17, 15) is 0 Å². The Balaban J connectivity index is 0.000000175. The largest absolute Gasteiger partial charge is 0.508 e. The molecule has 0 radical (unpaired) electrons. The predicted molar refractivity (Wildman–Crippen MR) is 90.9 cm³/mol. The molecule has 0 fully saturated rings. The van der Waals surface area contributed by atoms with Gasteiger partial charge in [0.25, 0.3) is 0 Å². The standard InChI is InChI=1S/C7H8O2.2C6H6O/c1-9-7-5-3-2-4-6(7)8;2*7-6-4-2-1-3-5-6/h2-5,8H,1H3;2*1-5,7H. The molecule has 0 bridgehead atoms. The SMILES string of the molecule is COc1ccccc1O.Oc1ccccc1.Oc1ccccc1. The topological polar surface area (TPSA) is 69.9 Å².